The van der Waals surface area contributed by atoms with Gasteiger partial charge in [-0.1, -0.05) is 19.1 Å². The summed E-state index contributed by atoms with van der Waals surface area (Å²) >= 11 is 0. The molecular formula is C16H16NO4-. The van der Waals surface area contributed by atoms with Crippen LogP contribution in [0.3, 0.4) is 0 Å². The first-order valence-electron chi connectivity index (χ1n) is 7.18. The summed E-state index contributed by atoms with van der Waals surface area (Å²) in [6.45, 7) is 2.09. The summed E-state index contributed by atoms with van der Waals surface area (Å²) in [7, 11) is 0. The lowest BCUT2D eigenvalue weighted by Gasteiger charge is -2.25. The van der Waals surface area contributed by atoms with Crippen LogP contribution >= 0.6 is 0 Å². The summed E-state index contributed by atoms with van der Waals surface area (Å²) in [5.41, 5.74) is 0.296. The number of fused-ring (bicyclic) bond motifs is 1. The third-order valence-electron chi connectivity index (χ3n) is 4.53. The van der Waals surface area contributed by atoms with Gasteiger partial charge in [0.1, 0.15) is 0 Å². The van der Waals surface area contributed by atoms with Crippen molar-refractivity contribution < 1.29 is 19.5 Å². The Bertz CT molecular complexity index is 624. The van der Waals surface area contributed by atoms with Crippen molar-refractivity contribution in [2.24, 2.45) is 17.8 Å². The third kappa shape index (κ3) is 2.22. The van der Waals surface area contributed by atoms with Gasteiger partial charge in [-0.15, -0.1) is 0 Å². The Kier molecular flexibility index (Phi) is 3.27. The van der Waals surface area contributed by atoms with Gasteiger partial charge >= 0.3 is 0 Å². The molecule has 110 valence electrons. The second-order valence-corrected chi connectivity index (χ2v) is 5.98. The van der Waals surface area contributed by atoms with Gasteiger partial charge in [0.05, 0.1) is 23.5 Å². The van der Waals surface area contributed by atoms with Crippen LogP contribution in [0.5, 0.6) is 0 Å². The summed E-state index contributed by atoms with van der Waals surface area (Å²) in [5, 5.41) is 10.9. The first-order valence-corrected chi connectivity index (χ1v) is 7.18. The number of anilines is 1. The number of benzene rings is 1. The van der Waals surface area contributed by atoms with Crippen LogP contribution in [0.15, 0.2) is 24.3 Å². The van der Waals surface area contributed by atoms with Crippen LogP contribution in [0.4, 0.5) is 5.69 Å². The van der Waals surface area contributed by atoms with Crippen LogP contribution in [0.25, 0.3) is 0 Å². The van der Waals surface area contributed by atoms with Crippen LogP contribution < -0.4 is 10.0 Å². The highest BCUT2D eigenvalue weighted by atomic mass is 16.4. The Morgan fingerprint density at radius 2 is 1.90 bits per heavy atom. The lowest BCUT2D eigenvalue weighted by atomic mass is 9.76. The standard InChI is InChI=1S/C16H17NO4/c1-9-5-6-12-13(7-9)15(19)17(14(12)18)11-4-2-3-10(8-11)16(20)21/h2-4,8-9,12-13H,5-7H2,1H3,(H,20,21)/p-1/t9-,12-,13+/m0/s1. The Hall–Kier alpha value is -2.17. The number of rotatable bonds is 2. The number of amides is 2. The lowest BCUT2D eigenvalue weighted by molar-refractivity contribution is -0.255. The van der Waals surface area contributed by atoms with Crippen molar-refractivity contribution in [1.82, 2.24) is 0 Å². The van der Waals surface area contributed by atoms with Crippen LogP contribution in [0, 0.1) is 17.8 Å². The molecular weight excluding hydrogens is 270 g/mol. The number of aromatic carboxylic acids is 1. The molecule has 21 heavy (non-hydrogen) atoms. The van der Waals surface area contributed by atoms with Crippen molar-refractivity contribution in [2.45, 2.75) is 26.2 Å². The molecule has 1 saturated carbocycles. The van der Waals surface area contributed by atoms with E-state index >= 15 is 0 Å². The zero-order valence-corrected chi connectivity index (χ0v) is 11.7. The predicted molar refractivity (Wildman–Crippen MR) is 73.3 cm³/mol. The summed E-state index contributed by atoms with van der Waals surface area (Å²) in [5.74, 6) is -1.79. The highest BCUT2D eigenvalue weighted by Crippen LogP contribution is 2.42. The van der Waals surface area contributed by atoms with E-state index < -0.39 is 5.97 Å². The number of carboxylic acids is 1. The number of nitrogens with zero attached hydrogens (tertiary/aromatic N) is 1. The molecule has 2 amide bonds. The monoisotopic (exact) mass is 286 g/mol. The zero-order valence-electron chi connectivity index (χ0n) is 11.7. The van der Waals surface area contributed by atoms with Gasteiger partial charge in [-0.3, -0.25) is 14.5 Å². The average molecular weight is 286 g/mol. The van der Waals surface area contributed by atoms with Crippen molar-refractivity contribution in [2.75, 3.05) is 4.90 Å². The van der Waals surface area contributed by atoms with E-state index in [9.17, 15) is 19.5 Å². The minimum Gasteiger partial charge on any atom is -0.545 e. The summed E-state index contributed by atoms with van der Waals surface area (Å²) in [6, 6.07) is 5.82. The minimum atomic E-state index is -1.32. The van der Waals surface area contributed by atoms with E-state index in [1.165, 1.54) is 18.2 Å². The fraction of sp³-hybridized carbons (Fsp3) is 0.438. The molecule has 0 aromatic heterocycles. The van der Waals surface area contributed by atoms with E-state index in [0.717, 1.165) is 24.2 Å². The van der Waals surface area contributed by atoms with Gasteiger partial charge < -0.3 is 9.90 Å². The SMILES string of the molecule is C[C@H]1CC[C@@H]2C(=O)N(c3cccc(C(=O)[O-])c3)C(=O)[C@@H]2C1. The maximum absolute atomic E-state index is 12.5. The van der Waals surface area contributed by atoms with Gasteiger partial charge in [-0.2, -0.15) is 0 Å². The fourth-order valence-corrected chi connectivity index (χ4v) is 3.42. The number of hydrogen-bond donors (Lipinski definition) is 0. The molecule has 3 rings (SSSR count). The summed E-state index contributed by atoms with van der Waals surface area (Å²) < 4.78 is 0. The van der Waals surface area contributed by atoms with Crippen molar-refractivity contribution >= 4 is 23.5 Å². The van der Waals surface area contributed by atoms with Gasteiger partial charge in [-0.05, 0) is 42.9 Å². The normalized spacial score (nSPS) is 28.6. The van der Waals surface area contributed by atoms with Gasteiger partial charge in [0.25, 0.3) is 0 Å². The molecule has 0 radical (unpaired) electrons. The largest absolute Gasteiger partial charge is 0.545 e. The third-order valence-corrected chi connectivity index (χ3v) is 4.53. The molecule has 1 aliphatic heterocycles. The van der Waals surface area contributed by atoms with E-state index in [0.29, 0.717) is 11.6 Å². The molecule has 1 heterocycles. The molecule has 5 nitrogen and oxygen atoms in total. The molecule has 5 heteroatoms. The maximum atomic E-state index is 12.5. The Morgan fingerprint density at radius 1 is 1.19 bits per heavy atom. The Morgan fingerprint density at radius 3 is 2.62 bits per heavy atom. The van der Waals surface area contributed by atoms with Crippen molar-refractivity contribution in [3.63, 3.8) is 0 Å². The molecule has 2 aliphatic rings. The quantitative estimate of drug-likeness (QED) is 0.759. The molecule has 1 aliphatic carbocycles. The van der Waals surface area contributed by atoms with E-state index in [2.05, 4.69) is 6.92 Å². The number of carboxylic acid groups (broad SMARTS) is 1. The molecule has 0 N–H and O–H groups in total. The molecule has 1 aromatic carbocycles. The first kappa shape index (κ1) is 13.8. The summed E-state index contributed by atoms with van der Waals surface area (Å²) in [6.07, 6.45) is 2.41. The molecule has 1 saturated heterocycles. The number of carbonyl (C=O) groups excluding carboxylic acids is 3. The highest BCUT2D eigenvalue weighted by molar-refractivity contribution is 6.22. The smallest absolute Gasteiger partial charge is 0.237 e. The molecule has 0 bridgehead atoms. The van der Waals surface area contributed by atoms with Crippen molar-refractivity contribution in [1.29, 1.82) is 0 Å². The van der Waals surface area contributed by atoms with Crippen LogP contribution in [0.1, 0.15) is 36.5 Å². The minimum absolute atomic E-state index is 0.0312. The fourth-order valence-electron chi connectivity index (χ4n) is 3.42. The van der Waals surface area contributed by atoms with Gasteiger partial charge in [0.2, 0.25) is 11.8 Å². The number of hydrogen-bond acceptors (Lipinski definition) is 4. The highest BCUT2D eigenvalue weighted by Gasteiger charge is 2.49. The molecule has 2 fully saturated rings. The van der Waals surface area contributed by atoms with E-state index in [1.54, 1.807) is 6.07 Å². The van der Waals surface area contributed by atoms with Gasteiger partial charge in [-0.25, -0.2) is 0 Å². The van der Waals surface area contributed by atoms with E-state index in [4.69, 9.17) is 0 Å². The van der Waals surface area contributed by atoms with Crippen molar-refractivity contribution in [3.05, 3.63) is 29.8 Å². The number of imide groups is 1. The number of carbonyl (C=O) groups is 3. The van der Waals surface area contributed by atoms with Crippen LogP contribution in [0.2, 0.25) is 0 Å². The lowest BCUT2D eigenvalue weighted by Crippen LogP contribution is -2.31. The predicted octanol–water partition coefficient (Wildman–Crippen LogP) is 0.976. The van der Waals surface area contributed by atoms with Gasteiger partial charge in [0, 0.05) is 0 Å². The average Bonchev–Trinajstić information content (AvgIpc) is 2.70. The second kappa shape index (κ2) is 4.98. The van der Waals surface area contributed by atoms with Crippen LogP contribution in [-0.4, -0.2) is 17.8 Å². The molecule has 1 aromatic rings. The second-order valence-electron chi connectivity index (χ2n) is 5.98. The first-order chi connectivity index (χ1) is 9.99. The summed E-state index contributed by atoms with van der Waals surface area (Å²) in [4.78, 5) is 37.1. The Labute approximate surface area is 122 Å². The molecule has 0 unspecified atom stereocenters. The van der Waals surface area contributed by atoms with E-state index in [-0.39, 0.29) is 29.2 Å². The van der Waals surface area contributed by atoms with Crippen molar-refractivity contribution in [3.8, 4) is 0 Å². The maximum Gasteiger partial charge on any atom is 0.237 e. The zero-order chi connectivity index (χ0) is 15.1. The van der Waals surface area contributed by atoms with Gasteiger partial charge in [0.15, 0.2) is 0 Å². The van der Waals surface area contributed by atoms with E-state index in [1.807, 2.05) is 0 Å². The molecule has 0 spiro atoms. The molecule has 3 atom stereocenters. The topological polar surface area (TPSA) is 77.5 Å². The Balaban J connectivity index is 1.95. The van der Waals surface area contributed by atoms with Crippen LogP contribution in [-0.2, 0) is 9.59 Å².